The van der Waals surface area contributed by atoms with Gasteiger partial charge in [0.15, 0.2) is 11.9 Å². The Morgan fingerprint density at radius 3 is 2.19 bits per heavy atom. The van der Waals surface area contributed by atoms with Crippen molar-refractivity contribution in [3.63, 3.8) is 0 Å². The molecule has 1 unspecified atom stereocenters. The molecule has 2 aliphatic rings. The first-order valence-corrected chi connectivity index (χ1v) is 18.3. The zero-order valence-corrected chi connectivity index (χ0v) is 30.9. The molecule has 53 heavy (non-hydrogen) atoms. The molecular formula is C33H44N6O13P+. The van der Waals surface area contributed by atoms with Crippen molar-refractivity contribution in [1.29, 1.82) is 0 Å². The van der Waals surface area contributed by atoms with Crippen molar-refractivity contribution in [3.8, 4) is 11.4 Å². The molecule has 3 heterocycles. The van der Waals surface area contributed by atoms with Gasteiger partial charge in [0.05, 0.1) is 26.9 Å². The average molecular weight is 764 g/mol. The zero-order chi connectivity index (χ0) is 38.3. The molecule has 3 atom stereocenters. The van der Waals surface area contributed by atoms with E-state index >= 15 is 0 Å². The van der Waals surface area contributed by atoms with Crippen LogP contribution in [0.1, 0.15) is 36.7 Å². The number of amides is 3. The number of carbonyl (C=O) groups is 5. The summed E-state index contributed by atoms with van der Waals surface area (Å²) in [6.45, 7) is 1.67. The number of hydrogen-bond donors (Lipinski definition) is 1. The average Bonchev–Trinajstić information content (AvgIpc) is 3.67. The summed E-state index contributed by atoms with van der Waals surface area (Å²) < 4.78 is 47.5. The first-order chi connectivity index (χ1) is 25.5. The number of unbranched alkanes of at least 4 members (excludes halogenated alkanes) is 1. The second-order valence-electron chi connectivity index (χ2n) is 11.8. The Labute approximate surface area is 307 Å². The highest BCUT2D eigenvalue weighted by molar-refractivity contribution is 7.39. The van der Waals surface area contributed by atoms with Crippen molar-refractivity contribution in [2.24, 2.45) is 0 Å². The quantitative estimate of drug-likeness (QED) is 0.0907. The molecule has 0 radical (unpaired) electrons. The summed E-state index contributed by atoms with van der Waals surface area (Å²) >= 11 is 0. The molecule has 3 amide bonds. The van der Waals surface area contributed by atoms with E-state index in [4.69, 9.17) is 28.5 Å². The number of hydrogen-bond acceptors (Lipinski definition) is 16. The molecule has 19 nitrogen and oxygen atoms in total. The number of methoxy groups -OCH3 is 3. The molecule has 0 saturated carbocycles. The number of ether oxygens (including phenoxy) is 6. The van der Waals surface area contributed by atoms with Gasteiger partial charge in [0.2, 0.25) is 12.1 Å². The first kappa shape index (κ1) is 40.6. The minimum absolute atomic E-state index is 0.0328. The second kappa shape index (κ2) is 20.2. The topological polar surface area (TPSA) is 215 Å². The predicted octanol–water partition coefficient (Wildman–Crippen LogP) is 3.16. The van der Waals surface area contributed by atoms with Crippen molar-refractivity contribution in [1.82, 2.24) is 25.1 Å². The molecule has 1 aromatic carbocycles. The molecule has 2 aromatic rings. The summed E-state index contributed by atoms with van der Waals surface area (Å²) in [6, 6.07) is 9.02. The highest BCUT2D eigenvalue weighted by atomic mass is 31.1. The Bertz CT molecular complexity index is 1580. The van der Waals surface area contributed by atoms with Crippen LogP contribution in [0.4, 0.5) is 20.2 Å². The van der Waals surface area contributed by atoms with Crippen LogP contribution in [-0.2, 0) is 42.3 Å². The molecule has 2 fully saturated rings. The fourth-order valence-electron chi connectivity index (χ4n) is 5.31. The Balaban J connectivity index is 1.58. The Morgan fingerprint density at radius 2 is 1.58 bits per heavy atom. The molecule has 0 spiro atoms. The van der Waals surface area contributed by atoms with Gasteiger partial charge in [-0.15, -0.1) is 0 Å². The largest absolute Gasteiger partial charge is 0.518 e. The minimum atomic E-state index is -2.99. The Morgan fingerprint density at radius 1 is 0.925 bits per heavy atom. The van der Waals surface area contributed by atoms with Crippen molar-refractivity contribution in [2.45, 2.75) is 44.8 Å². The number of nitrogens with one attached hydrogen (secondary N) is 1. The van der Waals surface area contributed by atoms with E-state index < -0.39 is 56.9 Å². The Kier molecular flexibility index (Phi) is 15.5. The van der Waals surface area contributed by atoms with Gasteiger partial charge in [-0.1, -0.05) is 48.2 Å². The van der Waals surface area contributed by atoms with Gasteiger partial charge >= 0.3 is 32.9 Å². The third-order valence-electron chi connectivity index (χ3n) is 8.21. The van der Waals surface area contributed by atoms with E-state index in [1.54, 1.807) is 31.4 Å². The second-order valence-corrected chi connectivity index (χ2v) is 13.0. The number of nitrogens with zero attached hydrogens (tertiary/aromatic N) is 5. The summed E-state index contributed by atoms with van der Waals surface area (Å²) in [4.78, 5) is 77.9. The van der Waals surface area contributed by atoms with Crippen LogP contribution in [0.3, 0.4) is 0 Å². The number of piperazine rings is 1. The van der Waals surface area contributed by atoms with E-state index in [0.717, 1.165) is 27.1 Å². The standard InChI is InChI=1S/C33H43N6O13P/c1-5-6-18-49-30(42)38-16-14-37(15-17-38)29(41)25(21-53(45)52-33(50-31(43)47-3)51-32(44)48-4)35-28(40)24-19-26(39-13-12-23(20-39)46-2)36-27(34-24)22-10-8-7-9-11-22/h7-11,19,23,25,33H,5-6,12-18,20-21H2,1-4H3/p+1/t23-,25-/m0/s1. The van der Waals surface area contributed by atoms with E-state index in [1.807, 2.05) is 17.9 Å². The molecule has 0 bridgehead atoms. The van der Waals surface area contributed by atoms with Crippen LogP contribution in [0.15, 0.2) is 36.4 Å². The molecular weight excluding hydrogens is 719 g/mol. The third kappa shape index (κ3) is 11.9. The van der Waals surface area contributed by atoms with E-state index in [1.165, 1.54) is 15.9 Å². The molecule has 20 heteroatoms. The van der Waals surface area contributed by atoms with E-state index in [0.29, 0.717) is 30.9 Å². The van der Waals surface area contributed by atoms with Crippen molar-refractivity contribution in [2.75, 3.05) is 78.3 Å². The highest BCUT2D eigenvalue weighted by Gasteiger charge is 2.40. The molecule has 1 aromatic heterocycles. The molecule has 288 valence electrons. The predicted molar refractivity (Wildman–Crippen MR) is 185 cm³/mol. The normalized spacial score (nSPS) is 16.4. The van der Waals surface area contributed by atoms with Crippen LogP contribution in [0.2, 0.25) is 0 Å². The lowest BCUT2D eigenvalue weighted by molar-refractivity contribution is -0.197. The maximum absolute atomic E-state index is 14.0. The fraction of sp³-hybridized carbons (Fsp3) is 0.545. The molecule has 4 rings (SSSR count). The first-order valence-electron chi connectivity index (χ1n) is 16.9. The number of benzene rings is 1. The van der Waals surface area contributed by atoms with Gasteiger partial charge in [0.1, 0.15) is 11.5 Å². The molecule has 2 aliphatic heterocycles. The summed E-state index contributed by atoms with van der Waals surface area (Å²) in [5, 5.41) is 2.63. The van der Waals surface area contributed by atoms with Crippen molar-refractivity contribution in [3.05, 3.63) is 42.1 Å². The van der Waals surface area contributed by atoms with Gasteiger partial charge in [-0.3, -0.25) is 9.59 Å². The molecule has 2 saturated heterocycles. The molecule has 0 aliphatic carbocycles. The zero-order valence-electron chi connectivity index (χ0n) is 30.0. The lowest BCUT2D eigenvalue weighted by Crippen LogP contribution is -2.56. The maximum Gasteiger partial charge on any atom is 0.518 e. The Hall–Kier alpha value is -5.13. The molecule has 1 N–H and O–H groups in total. The van der Waals surface area contributed by atoms with Gasteiger partial charge in [-0.2, -0.15) is 0 Å². The summed E-state index contributed by atoms with van der Waals surface area (Å²) in [5.74, 6) is -0.716. The highest BCUT2D eigenvalue weighted by Crippen LogP contribution is 2.29. The van der Waals surface area contributed by atoms with E-state index in [-0.39, 0.29) is 50.4 Å². The van der Waals surface area contributed by atoms with Crippen LogP contribution in [-0.4, -0.2) is 142 Å². The van der Waals surface area contributed by atoms with Crippen LogP contribution < -0.4 is 10.2 Å². The SMILES string of the molecule is CCCCOC(=O)N1CCN(C(=O)[C@H](C[P+](=O)OC(OC(=O)OC)OC(=O)OC)NC(=O)c2cc(N3CC[C@H](OC)C3)nc(-c3ccccc3)n2)CC1. The van der Waals surface area contributed by atoms with Gasteiger partial charge in [0.25, 0.3) is 5.91 Å². The fourth-order valence-corrected chi connectivity index (χ4v) is 6.22. The van der Waals surface area contributed by atoms with Gasteiger partial charge < -0.3 is 48.4 Å². The summed E-state index contributed by atoms with van der Waals surface area (Å²) in [7, 11) is 0.592. The number of rotatable bonds is 15. The van der Waals surface area contributed by atoms with Crippen molar-refractivity contribution < 1.29 is 61.5 Å². The van der Waals surface area contributed by atoms with Gasteiger partial charge in [-0.25, -0.2) is 24.4 Å². The number of carbonyl (C=O) groups excluding carboxylic acids is 5. The van der Waals surface area contributed by atoms with Crippen LogP contribution in [0.5, 0.6) is 0 Å². The third-order valence-corrected chi connectivity index (χ3v) is 9.28. The maximum atomic E-state index is 14.0. The van der Waals surface area contributed by atoms with Crippen LogP contribution >= 0.6 is 8.03 Å². The number of anilines is 1. The lowest BCUT2D eigenvalue weighted by Gasteiger charge is -2.35. The smallest absolute Gasteiger partial charge is 0.449 e. The number of aromatic nitrogens is 2. The van der Waals surface area contributed by atoms with Crippen LogP contribution in [0, 0.1) is 0 Å². The van der Waals surface area contributed by atoms with E-state index in [9.17, 15) is 28.5 Å². The summed E-state index contributed by atoms with van der Waals surface area (Å²) in [5.41, 5.74) is 0.563. The van der Waals surface area contributed by atoms with Crippen molar-refractivity contribution >= 4 is 44.1 Å². The van der Waals surface area contributed by atoms with Crippen LogP contribution in [0.25, 0.3) is 11.4 Å². The van der Waals surface area contributed by atoms with Gasteiger partial charge in [0, 0.05) is 58.0 Å². The monoisotopic (exact) mass is 763 g/mol. The minimum Gasteiger partial charge on any atom is -0.449 e. The summed E-state index contributed by atoms with van der Waals surface area (Å²) in [6.07, 6.45) is -1.54. The van der Waals surface area contributed by atoms with E-state index in [2.05, 4.69) is 19.8 Å². The van der Waals surface area contributed by atoms with Gasteiger partial charge in [-0.05, 0) is 17.4 Å². The lowest BCUT2D eigenvalue weighted by atomic mass is 10.2.